The van der Waals surface area contributed by atoms with Gasteiger partial charge in [0, 0.05) is 5.69 Å². The molecule has 0 aliphatic carbocycles. The number of hydrogen-bond acceptors (Lipinski definition) is 4. The van der Waals surface area contributed by atoms with Crippen molar-refractivity contribution in [2.24, 2.45) is 0 Å². The summed E-state index contributed by atoms with van der Waals surface area (Å²) in [6.45, 7) is 0. The molecule has 0 aliphatic heterocycles. The van der Waals surface area contributed by atoms with E-state index in [2.05, 4.69) is 4.72 Å². The van der Waals surface area contributed by atoms with Crippen molar-refractivity contribution < 1.29 is 23.4 Å². The first-order valence-electron chi connectivity index (χ1n) is 5.64. The predicted octanol–water partition coefficient (Wildman–Crippen LogP) is 2.54. The first-order valence-corrected chi connectivity index (χ1v) is 7.50. The smallest absolute Gasteiger partial charge is 0.337 e. The SMILES string of the molecule is O=C(O)c1ccc(S(=O)(=O)Nc2ccc(O)cc2)cc1Cl. The topological polar surface area (TPSA) is 104 Å². The maximum Gasteiger partial charge on any atom is 0.337 e. The minimum absolute atomic E-state index is 0.00630. The van der Waals surface area contributed by atoms with Crippen LogP contribution in [0.4, 0.5) is 5.69 Å². The summed E-state index contributed by atoms with van der Waals surface area (Å²) in [7, 11) is -3.90. The average molecular weight is 328 g/mol. The number of hydrogen-bond donors (Lipinski definition) is 3. The first-order chi connectivity index (χ1) is 9.79. The molecular weight excluding hydrogens is 318 g/mol. The number of sulfonamides is 1. The summed E-state index contributed by atoms with van der Waals surface area (Å²) < 4.78 is 26.6. The number of halogens is 1. The third kappa shape index (κ3) is 3.45. The number of anilines is 1. The Morgan fingerprint density at radius 1 is 1.10 bits per heavy atom. The Balaban J connectivity index is 2.33. The lowest BCUT2D eigenvalue weighted by molar-refractivity contribution is 0.0697. The molecule has 21 heavy (non-hydrogen) atoms. The Labute approximate surface area is 125 Å². The van der Waals surface area contributed by atoms with Crippen LogP contribution in [-0.4, -0.2) is 24.6 Å². The molecule has 0 saturated carbocycles. The first kappa shape index (κ1) is 15.1. The molecule has 0 fully saturated rings. The standard InChI is InChI=1S/C13H10ClNO5S/c14-12-7-10(5-6-11(12)13(17)18)21(19,20)15-8-1-3-9(16)4-2-8/h1-7,15-16H,(H,17,18). The average Bonchev–Trinajstić information content (AvgIpc) is 2.40. The Bertz CT molecular complexity index is 787. The van der Waals surface area contributed by atoms with E-state index in [-0.39, 0.29) is 26.9 Å². The van der Waals surface area contributed by atoms with E-state index in [1.54, 1.807) is 0 Å². The van der Waals surface area contributed by atoms with Crippen molar-refractivity contribution in [3.8, 4) is 5.75 Å². The van der Waals surface area contributed by atoms with Crippen LogP contribution in [0.3, 0.4) is 0 Å². The zero-order chi connectivity index (χ0) is 15.6. The minimum Gasteiger partial charge on any atom is -0.508 e. The quantitative estimate of drug-likeness (QED) is 0.749. The highest BCUT2D eigenvalue weighted by Gasteiger charge is 2.17. The van der Waals surface area contributed by atoms with Gasteiger partial charge in [-0.15, -0.1) is 0 Å². The van der Waals surface area contributed by atoms with Crippen LogP contribution in [-0.2, 0) is 10.0 Å². The van der Waals surface area contributed by atoms with E-state index in [1.165, 1.54) is 24.3 Å². The molecule has 0 bridgehead atoms. The number of phenols is 1. The van der Waals surface area contributed by atoms with Crippen molar-refractivity contribution in [2.45, 2.75) is 4.90 Å². The van der Waals surface area contributed by atoms with Crippen LogP contribution in [0, 0.1) is 0 Å². The lowest BCUT2D eigenvalue weighted by atomic mass is 10.2. The van der Waals surface area contributed by atoms with Crippen molar-refractivity contribution in [2.75, 3.05) is 4.72 Å². The van der Waals surface area contributed by atoms with E-state index < -0.39 is 16.0 Å². The Morgan fingerprint density at radius 2 is 1.71 bits per heavy atom. The van der Waals surface area contributed by atoms with E-state index in [0.717, 1.165) is 18.2 Å². The van der Waals surface area contributed by atoms with Crippen molar-refractivity contribution in [3.05, 3.63) is 53.1 Å². The minimum atomic E-state index is -3.90. The molecule has 0 spiro atoms. The van der Waals surface area contributed by atoms with Crippen molar-refractivity contribution in [1.29, 1.82) is 0 Å². The normalized spacial score (nSPS) is 11.1. The maximum absolute atomic E-state index is 12.1. The number of aromatic hydroxyl groups is 1. The summed E-state index contributed by atoms with van der Waals surface area (Å²) in [6.07, 6.45) is 0. The lowest BCUT2D eigenvalue weighted by Gasteiger charge is -2.09. The monoisotopic (exact) mass is 327 g/mol. The molecular formula is C13H10ClNO5S. The summed E-state index contributed by atoms with van der Waals surface area (Å²) in [5.41, 5.74) is 0.0754. The van der Waals surface area contributed by atoms with Crippen LogP contribution in [0.2, 0.25) is 5.02 Å². The fourth-order valence-electron chi connectivity index (χ4n) is 1.58. The summed E-state index contributed by atoms with van der Waals surface area (Å²) in [4.78, 5) is 10.7. The van der Waals surface area contributed by atoms with E-state index >= 15 is 0 Å². The fourth-order valence-corrected chi connectivity index (χ4v) is 2.99. The number of benzene rings is 2. The van der Waals surface area contributed by atoms with Crippen LogP contribution in [0.1, 0.15) is 10.4 Å². The number of phenolic OH excluding ortho intramolecular Hbond substituents is 1. The van der Waals surface area contributed by atoms with Gasteiger partial charge in [-0.05, 0) is 42.5 Å². The van der Waals surface area contributed by atoms with E-state index in [4.69, 9.17) is 21.8 Å². The maximum atomic E-state index is 12.1. The zero-order valence-corrected chi connectivity index (χ0v) is 12.0. The molecule has 0 heterocycles. The van der Waals surface area contributed by atoms with Gasteiger partial charge in [0.15, 0.2) is 0 Å². The molecule has 2 rings (SSSR count). The van der Waals surface area contributed by atoms with E-state index in [9.17, 15) is 13.2 Å². The van der Waals surface area contributed by atoms with Gasteiger partial charge in [-0.2, -0.15) is 0 Å². The number of aromatic carboxylic acids is 1. The molecule has 3 N–H and O–H groups in total. The predicted molar refractivity (Wildman–Crippen MR) is 77.3 cm³/mol. The van der Waals surface area contributed by atoms with Gasteiger partial charge in [-0.3, -0.25) is 4.72 Å². The molecule has 2 aromatic rings. The molecule has 110 valence electrons. The Morgan fingerprint density at radius 3 is 2.24 bits per heavy atom. The van der Waals surface area contributed by atoms with Gasteiger partial charge in [-0.1, -0.05) is 11.6 Å². The van der Waals surface area contributed by atoms with Gasteiger partial charge in [0.05, 0.1) is 15.5 Å². The summed E-state index contributed by atoms with van der Waals surface area (Å²) >= 11 is 5.75. The second-order valence-electron chi connectivity index (χ2n) is 4.10. The van der Waals surface area contributed by atoms with Crippen LogP contribution < -0.4 is 4.72 Å². The summed E-state index contributed by atoms with van der Waals surface area (Å²) in [5, 5.41) is 17.8. The van der Waals surface area contributed by atoms with Gasteiger partial charge < -0.3 is 10.2 Å². The van der Waals surface area contributed by atoms with Crippen LogP contribution >= 0.6 is 11.6 Å². The van der Waals surface area contributed by atoms with Gasteiger partial charge in [-0.25, -0.2) is 13.2 Å². The fraction of sp³-hybridized carbons (Fsp3) is 0. The van der Waals surface area contributed by atoms with E-state index in [0.29, 0.717) is 0 Å². The summed E-state index contributed by atoms with van der Waals surface area (Å²) in [6, 6.07) is 8.78. The Hall–Kier alpha value is -2.25. The molecule has 0 amide bonds. The van der Waals surface area contributed by atoms with Crippen molar-refractivity contribution in [3.63, 3.8) is 0 Å². The summed E-state index contributed by atoms with van der Waals surface area (Å²) in [5.74, 6) is -1.23. The van der Waals surface area contributed by atoms with Gasteiger partial charge in [0.1, 0.15) is 5.75 Å². The van der Waals surface area contributed by atoms with Gasteiger partial charge >= 0.3 is 5.97 Å². The molecule has 0 radical (unpaired) electrons. The van der Waals surface area contributed by atoms with Gasteiger partial charge in [0.25, 0.3) is 10.0 Å². The number of carboxylic acid groups (broad SMARTS) is 1. The number of carbonyl (C=O) groups is 1. The van der Waals surface area contributed by atoms with E-state index in [1.807, 2.05) is 0 Å². The van der Waals surface area contributed by atoms with Crippen LogP contribution in [0.25, 0.3) is 0 Å². The second kappa shape index (κ2) is 5.63. The van der Waals surface area contributed by atoms with Crippen LogP contribution in [0.15, 0.2) is 47.4 Å². The third-order valence-electron chi connectivity index (χ3n) is 2.60. The molecule has 2 aromatic carbocycles. The molecule has 0 aromatic heterocycles. The number of carboxylic acids is 1. The molecule has 0 aliphatic rings. The zero-order valence-electron chi connectivity index (χ0n) is 10.4. The molecule has 0 saturated heterocycles. The third-order valence-corrected chi connectivity index (χ3v) is 4.29. The number of nitrogens with one attached hydrogen (secondary N) is 1. The highest BCUT2D eigenvalue weighted by Crippen LogP contribution is 2.23. The molecule has 0 unspecified atom stereocenters. The van der Waals surface area contributed by atoms with Gasteiger partial charge in [0.2, 0.25) is 0 Å². The van der Waals surface area contributed by atoms with Crippen LogP contribution in [0.5, 0.6) is 5.75 Å². The molecule has 6 nitrogen and oxygen atoms in total. The largest absolute Gasteiger partial charge is 0.508 e. The molecule has 8 heteroatoms. The van der Waals surface area contributed by atoms with Crippen molar-refractivity contribution >= 4 is 33.3 Å². The van der Waals surface area contributed by atoms with Crippen molar-refractivity contribution in [1.82, 2.24) is 0 Å². The number of rotatable bonds is 4. The second-order valence-corrected chi connectivity index (χ2v) is 6.19. The Kier molecular flexibility index (Phi) is 4.06. The molecule has 0 atom stereocenters. The highest BCUT2D eigenvalue weighted by atomic mass is 35.5. The highest BCUT2D eigenvalue weighted by molar-refractivity contribution is 7.92. The lowest BCUT2D eigenvalue weighted by Crippen LogP contribution is -2.13.